The third-order valence-corrected chi connectivity index (χ3v) is 3.90. The summed E-state index contributed by atoms with van der Waals surface area (Å²) in [6.45, 7) is 3.96. The number of pyridine rings is 1. The monoisotopic (exact) mass is 284 g/mol. The van der Waals surface area contributed by atoms with Crippen LogP contribution in [0.15, 0.2) is 30.6 Å². The van der Waals surface area contributed by atoms with Crippen molar-refractivity contribution in [1.29, 1.82) is 0 Å². The third-order valence-electron chi connectivity index (χ3n) is 3.90. The van der Waals surface area contributed by atoms with Gasteiger partial charge in [-0.2, -0.15) is 4.98 Å². The molecule has 1 aliphatic heterocycles. The first-order valence-corrected chi connectivity index (χ1v) is 7.31. The largest absolute Gasteiger partial charge is 0.467 e. The molecule has 0 radical (unpaired) electrons. The van der Waals surface area contributed by atoms with E-state index in [2.05, 4.69) is 25.9 Å². The van der Waals surface area contributed by atoms with Crippen LogP contribution in [0.1, 0.15) is 30.0 Å². The first kappa shape index (κ1) is 13.8. The fraction of sp³-hybridized carbons (Fsp3) is 0.438. The molecule has 1 aliphatic rings. The highest BCUT2D eigenvalue weighted by atomic mass is 16.5. The van der Waals surface area contributed by atoms with Crippen LogP contribution in [0.2, 0.25) is 0 Å². The van der Waals surface area contributed by atoms with Crippen molar-refractivity contribution in [2.24, 2.45) is 0 Å². The number of rotatable bonds is 3. The number of nitrogens with zero attached hydrogens (tertiary/aromatic N) is 4. The lowest BCUT2D eigenvalue weighted by molar-refractivity contribution is 0.377. The van der Waals surface area contributed by atoms with E-state index < -0.39 is 0 Å². The van der Waals surface area contributed by atoms with Crippen LogP contribution in [-0.4, -0.2) is 35.2 Å². The molecule has 1 unspecified atom stereocenters. The van der Waals surface area contributed by atoms with E-state index in [1.54, 1.807) is 7.11 Å². The molecule has 0 aliphatic carbocycles. The van der Waals surface area contributed by atoms with E-state index in [9.17, 15) is 0 Å². The molecule has 0 bridgehead atoms. The summed E-state index contributed by atoms with van der Waals surface area (Å²) in [5, 5.41) is 0. The van der Waals surface area contributed by atoms with Crippen molar-refractivity contribution in [3.63, 3.8) is 0 Å². The lowest BCUT2D eigenvalue weighted by atomic mass is 9.92. The van der Waals surface area contributed by atoms with Gasteiger partial charge in [0.25, 0.3) is 0 Å². The van der Waals surface area contributed by atoms with Gasteiger partial charge in [-0.3, -0.25) is 4.98 Å². The minimum atomic E-state index is 0.438. The van der Waals surface area contributed by atoms with Gasteiger partial charge in [-0.05, 0) is 31.4 Å². The van der Waals surface area contributed by atoms with Gasteiger partial charge in [0, 0.05) is 43.2 Å². The Balaban J connectivity index is 1.81. The molecule has 0 N–H and O–H groups in total. The minimum Gasteiger partial charge on any atom is -0.467 e. The molecule has 21 heavy (non-hydrogen) atoms. The Kier molecular flexibility index (Phi) is 3.99. The SMILES string of the molecule is COc1nc(C)cc(N2CCCC(c3cccnc3)C2)n1. The van der Waals surface area contributed by atoms with E-state index in [0.717, 1.165) is 31.0 Å². The van der Waals surface area contributed by atoms with E-state index in [1.165, 1.54) is 12.0 Å². The van der Waals surface area contributed by atoms with E-state index in [4.69, 9.17) is 4.74 Å². The summed E-state index contributed by atoms with van der Waals surface area (Å²) in [6, 6.07) is 6.63. The van der Waals surface area contributed by atoms with Gasteiger partial charge in [-0.1, -0.05) is 6.07 Å². The summed E-state index contributed by atoms with van der Waals surface area (Å²) in [5.41, 5.74) is 2.24. The molecule has 1 atom stereocenters. The minimum absolute atomic E-state index is 0.438. The Morgan fingerprint density at radius 3 is 3.00 bits per heavy atom. The lowest BCUT2D eigenvalue weighted by Crippen LogP contribution is -2.35. The first-order chi connectivity index (χ1) is 10.3. The van der Waals surface area contributed by atoms with Crippen molar-refractivity contribution in [1.82, 2.24) is 15.0 Å². The summed E-state index contributed by atoms with van der Waals surface area (Å²) in [6.07, 6.45) is 6.15. The Hall–Kier alpha value is -2.17. The maximum atomic E-state index is 5.18. The number of ether oxygens (including phenoxy) is 1. The van der Waals surface area contributed by atoms with Crippen LogP contribution in [0.25, 0.3) is 0 Å². The summed E-state index contributed by atoms with van der Waals surface area (Å²) >= 11 is 0. The van der Waals surface area contributed by atoms with Gasteiger partial charge in [0.2, 0.25) is 0 Å². The van der Waals surface area contributed by atoms with Gasteiger partial charge in [-0.25, -0.2) is 4.98 Å². The predicted octanol–water partition coefficient (Wildman–Crippen LogP) is 2.57. The van der Waals surface area contributed by atoms with Crippen molar-refractivity contribution in [2.75, 3.05) is 25.1 Å². The van der Waals surface area contributed by atoms with Crippen LogP contribution in [0.5, 0.6) is 6.01 Å². The average Bonchev–Trinajstić information content (AvgIpc) is 2.55. The van der Waals surface area contributed by atoms with Gasteiger partial charge in [0.1, 0.15) is 5.82 Å². The van der Waals surface area contributed by atoms with Gasteiger partial charge < -0.3 is 9.64 Å². The predicted molar refractivity (Wildman–Crippen MR) is 81.7 cm³/mol. The number of methoxy groups -OCH3 is 1. The number of hydrogen-bond acceptors (Lipinski definition) is 5. The van der Waals surface area contributed by atoms with Gasteiger partial charge >= 0.3 is 6.01 Å². The zero-order chi connectivity index (χ0) is 14.7. The average molecular weight is 284 g/mol. The van der Waals surface area contributed by atoms with Crippen molar-refractivity contribution in [2.45, 2.75) is 25.7 Å². The molecular weight excluding hydrogens is 264 g/mol. The van der Waals surface area contributed by atoms with E-state index in [1.807, 2.05) is 31.5 Å². The number of anilines is 1. The van der Waals surface area contributed by atoms with E-state index in [-0.39, 0.29) is 0 Å². The Morgan fingerprint density at radius 1 is 1.33 bits per heavy atom. The molecule has 2 aromatic rings. The summed E-state index contributed by atoms with van der Waals surface area (Å²) in [7, 11) is 1.60. The van der Waals surface area contributed by atoms with Gasteiger partial charge in [0.15, 0.2) is 0 Å². The summed E-state index contributed by atoms with van der Waals surface area (Å²) in [4.78, 5) is 15.3. The molecule has 3 heterocycles. The van der Waals surface area contributed by atoms with Crippen LogP contribution >= 0.6 is 0 Å². The highest BCUT2D eigenvalue weighted by Gasteiger charge is 2.23. The molecular formula is C16H20N4O. The van der Waals surface area contributed by atoms with Crippen molar-refractivity contribution in [3.05, 3.63) is 41.9 Å². The zero-order valence-electron chi connectivity index (χ0n) is 12.5. The summed E-state index contributed by atoms with van der Waals surface area (Å²) in [5.74, 6) is 1.46. The lowest BCUT2D eigenvalue weighted by Gasteiger charge is -2.33. The van der Waals surface area contributed by atoms with Crippen LogP contribution in [0.3, 0.4) is 0 Å². The topological polar surface area (TPSA) is 51.1 Å². The van der Waals surface area contributed by atoms with Crippen LogP contribution < -0.4 is 9.64 Å². The van der Waals surface area contributed by atoms with E-state index >= 15 is 0 Å². The molecule has 110 valence electrons. The fourth-order valence-electron chi connectivity index (χ4n) is 2.85. The normalized spacial score (nSPS) is 18.6. The molecule has 2 aromatic heterocycles. The van der Waals surface area contributed by atoms with E-state index in [0.29, 0.717) is 11.9 Å². The van der Waals surface area contributed by atoms with Gasteiger partial charge in [-0.15, -0.1) is 0 Å². The fourth-order valence-corrected chi connectivity index (χ4v) is 2.85. The van der Waals surface area contributed by atoms with Crippen molar-refractivity contribution < 1.29 is 4.74 Å². The molecule has 0 saturated carbocycles. The van der Waals surface area contributed by atoms with Crippen LogP contribution in [-0.2, 0) is 0 Å². The quantitative estimate of drug-likeness (QED) is 0.867. The molecule has 0 aromatic carbocycles. The standard InChI is InChI=1S/C16H20N4O/c1-12-9-15(19-16(18-12)21-2)20-8-4-6-14(11-20)13-5-3-7-17-10-13/h3,5,7,9-10,14H,4,6,8,11H2,1-2H3. The molecule has 1 fully saturated rings. The maximum Gasteiger partial charge on any atom is 0.318 e. The molecule has 0 amide bonds. The van der Waals surface area contributed by atoms with Gasteiger partial charge in [0.05, 0.1) is 7.11 Å². The highest BCUT2D eigenvalue weighted by molar-refractivity contribution is 5.42. The smallest absolute Gasteiger partial charge is 0.318 e. The maximum absolute atomic E-state index is 5.18. The molecule has 1 saturated heterocycles. The second kappa shape index (κ2) is 6.08. The van der Waals surface area contributed by atoms with Crippen molar-refractivity contribution in [3.8, 4) is 6.01 Å². The molecule has 3 rings (SSSR count). The molecule has 5 heteroatoms. The number of aryl methyl sites for hydroxylation is 1. The second-order valence-electron chi connectivity index (χ2n) is 5.43. The van der Waals surface area contributed by atoms with Crippen molar-refractivity contribution >= 4 is 5.82 Å². The number of aromatic nitrogens is 3. The third kappa shape index (κ3) is 3.12. The summed E-state index contributed by atoms with van der Waals surface area (Å²) < 4.78 is 5.18. The highest BCUT2D eigenvalue weighted by Crippen LogP contribution is 2.29. The first-order valence-electron chi connectivity index (χ1n) is 7.31. The number of piperidine rings is 1. The Morgan fingerprint density at radius 2 is 2.24 bits per heavy atom. The Bertz CT molecular complexity index is 602. The second-order valence-corrected chi connectivity index (χ2v) is 5.43. The molecule has 5 nitrogen and oxygen atoms in total. The number of hydrogen-bond donors (Lipinski definition) is 0. The van der Waals surface area contributed by atoms with Crippen LogP contribution in [0, 0.1) is 6.92 Å². The zero-order valence-corrected chi connectivity index (χ0v) is 12.5. The molecule has 0 spiro atoms. The Labute approximate surface area is 125 Å². The van der Waals surface area contributed by atoms with Crippen LogP contribution in [0.4, 0.5) is 5.82 Å².